The molecule has 1 N–H and O–H groups in total. The first-order chi connectivity index (χ1) is 10.7. The molecule has 1 amide bonds. The monoisotopic (exact) mass is 345 g/mol. The Hall–Kier alpha value is -2.02. The van der Waals surface area contributed by atoms with Crippen LogP contribution >= 0.6 is 11.6 Å². The summed E-state index contributed by atoms with van der Waals surface area (Å²) in [5.41, 5.74) is -0.164. The summed E-state index contributed by atoms with van der Waals surface area (Å²) in [5, 5.41) is 6.56. The summed E-state index contributed by atoms with van der Waals surface area (Å²) < 4.78 is 39.1. The van der Waals surface area contributed by atoms with Crippen molar-refractivity contribution >= 4 is 23.2 Å². The highest BCUT2D eigenvalue weighted by molar-refractivity contribution is 6.33. The van der Waals surface area contributed by atoms with Gasteiger partial charge in [-0.1, -0.05) is 30.7 Å². The number of nitrogens with one attached hydrogen (secondary N) is 1. The number of halogens is 4. The van der Waals surface area contributed by atoms with E-state index < -0.39 is 17.8 Å². The summed E-state index contributed by atoms with van der Waals surface area (Å²) >= 11 is 5.95. The van der Waals surface area contributed by atoms with Crippen LogP contribution in [-0.2, 0) is 17.5 Å². The lowest BCUT2D eigenvalue weighted by molar-refractivity contribution is -0.141. The molecule has 2 aromatic rings. The predicted molar refractivity (Wildman–Crippen MR) is 81.2 cm³/mol. The fraction of sp³-hybridized carbons (Fsp3) is 0.333. The smallest absolute Gasteiger partial charge is 0.324 e. The first-order valence-electron chi connectivity index (χ1n) is 6.85. The van der Waals surface area contributed by atoms with Crippen LogP contribution < -0.4 is 5.32 Å². The number of hydrogen-bond acceptors (Lipinski definition) is 2. The van der Waals surface area contributed by atoms with E-state index in [1.807, 2.05) is 0 Å². The number of alkyl halides is 3. The van der Waals surface area contributed by atoms with E-state index in [2.05, 4.69) is 10.4 Å². The molecule has 0 aliphatic rings. The number of para-hydroxylation sites is 1. The van der Waals surface area contributed by atoms with Gasteiger partial charge in [-0.25, -0.2) is 0 Å². The first kappa shape index (κ1) is 17.3. The molecule has 0 spiro atoms. The molecule has 1 aromatic carbocycles. The molecule has 0 bridgehead atoms. The third-order valence-corrected chi connectivity index (χ3v) is 3.63. The third-order valence-electron chi connectivity index (χ3n) is 3.30. The number of benzene rings is 1. The van der Waals surface area contributed by atoms with E-state index >= 15 is 0 Å². The van der Waals surface area contributed by atoms with Crippen LogP contribution in [0.4, 0.5) is 18.9 Å². The second kappa shape index (κ2) is 6.62. The second-order valence-electron chi connectivity index (χ2n) is 5.22. The van der Waals surface area contributed by atoms with Crippen molar-refractivity contribution in [2.24, 2.45) is 5.92 Å². The molecule has 0 aliphatic heterocycles. The zero-order valence-electron chi connectivity index (χ0n) is 12.5. The van der Waals surface area contributed by atoms with Gasteiger partial charge in [-0.2, -0.15) is 18.3 Å². The summed E-state index contributed by atoms with van der Waals surface area (Å²) in [6.07, 6.45) is -4.50. The van der Waals surface area contributed by atoms with Crippen molar-refractivity contribution in [1.29, 1.82) is 0 Å². The minimum absolute atomic E-state index is 0.0399. The largest absolute Gasteiger partial charge is 0.435 e. The van der Waals surface area contributed by atoms with E-state index in [1.165, 1.54) is 11.6 Å². The molecule has 2 rings (SSSR count). The zero-order chi connectivity index (χ0) is 17.2. The van der Waals surface area contributed by atoms with Gasteiger partial charge in [0.2, 0.25) is 5.91 Å². The molecule has 23 heavy (non-hydrogen) atoms. The molecule has 4 nitrogen and oxygen atoms in total. The third kappa shape index (κ3) is 4.25. The lowest BCUT2D eigenvalue weighted by Crippen LogP contribution is -2.25. The molecule has 0 saturated heterocycles. The molecule has 124 valence electrons. The van der Waals surface area contributed by atoms with Crippen molar-refractivity contribution in [1.82, 2.24) is 9.78 Å². The molecule has 8 heteroatoms. The predicted octanol–water partition coefficient (Wildman–Crippen LogP) is 4.14. The van der Waals surface area contributed by atoms with Gasteiger partial charge in [0, 0.05) is 5.69 Å². The van der Waals surface area contributed by atoms with E-state index in [-0.39, 0.29) is 12.5 Å². The summed E-state index contributed by atoms with van der Waals surface area (Å²) in [6.45, 7) is 3.17. The Bertz CT molecular complexity index is 712. The number of carbonyl (C=O) groups excluding carboxylic acids is 1. The fourth-order valence-corrected chi connectivity index (χ4v) is 2.18. The minimum Gasteiger partial charge on any atom is -0.324 e. The highest BCUT2D eigenvalue weighted by atomic mass is 35.5. The normalized spacial score (nSPS) is 13.0. The average Bonchev–Trinajstić information content (AvgIpc) is 2.82. The standard InChI is InChI=1S/C15H15ClF3N3O/c1-9(14(23)20-12-6-4-3-5-11(12)16)8-22-10(2)7-13(21-22)15(17,18)19/h3-7,9H,8H2,1-2H3,(H,20,23). The maximum absolute atomic E-state index is 12.6. The summed E-state index contributed by atoms with van der Waals surface area (Å²) in [5.74, 6) is -0.924. The molecule has 1 heterocycles. The minimum atomic E-state index is -4.50. The Morgan fingerprint density at radius 1 is 1.39 bits per heavy atom. The summed E-state index contributed by atoms with van der Waals surface area (Å²) in [6, 6.07) is 7.69. The molecule has 0 radical (unpaired) electrons. The van der Waals surface area contributed by atoms with Crippen LogP contribution in [0.25, 0.3) is 0 Å². The van der Waals surface area contributed by atoms with Crippen LogP contribution in [0.2, 0.25) is 5.02 Å². The van der Waals surface area contributed by atoms with E-state index in [0.29, 0.717) is 16.4 Å². The van der Waals surface area contributed by atoms with Crippen molar-refractivity contribution in [3.05, 3.63) is 46.7 Å². The van der Waals surface area contributed by atoms with Crippen molar-refractivity contribution < 1.29 is 18.0 Å². The van der Waals surface area contributed by atoms with Crippen LogP contribution in [0.1, 0.15) is 18.3 Å². The van der Waals surface area contributed by atoms with Gasteiger partial charge in [-0.05, 0) is 25.1 Å². The van der Waals surface area contributed by atoms with Gasteiger partial charge < -0.3 is 5.32 Å². The van der Waals surface area contributed by atoms with Crippen molar-refractivity contribution in [2.75, 3.05) is 5.32 Å². The lowest BCUT2D eigenvalue weighted by atomic mass is 10.1. The Morgan fingerprint density at radius 3 is 2.61 bits per heavy atom. The van der Waals surface area contributed by atoms with Crippen LogP contribution in [0.15, 0.2) is 30.3 Å². The zero-order valence-corrected chi connectivity index (χ0v) is 13.2. The van der Waals surface area contributed by atoms with Gasteiger partial charge in [0.25, 0.3) is 0 Å². The van der Waals surface area contributed by atoms with Gasteiger partial charge in [0.1, 0.15) is 0 Å². The van der Waals surface area contributed by atoms with Crippen molar-refractivity contribution in [2.45, 2.75) is 26.6 Å². The SMILES string of the molecule is Cc1cc(C(F)(F)F)nn1CC(C)C(=O)Nc1ccccc1Cl. The number of anilines is 1. The Kier molecular flexibility index (Phi) is 4.99. The second-order valence-corrected chi connectivity index (χ2v) is 5.63. The average molecular weight is 346 g/mol. The number of aromatic nitrogens is 2. The maximum atomic E-state index is 12.6. The Labute approximate surface area is 136 Å². The number of aryl methyl sites for hydroxylation is 1. The molecule has 1 aromatic heterocycles. The number of hydrogen-bond donors (Lipinski definition) is 1. The number of amides is 1. The van der Waals surface area contributed by atoms with E-state index in [0.717, 1.165) is 6.07 Å². The van der Waals surface area contributed by atoms with Crippen molar-refractivity contribution in [3.8, 4) is 0 Å². The van der Waals surface area contributed by atoms with Crippen LogP contribution in [0.5, 0.6) is 0 Å². The topological polar surface area (TPSA) is 46.9 Å². The van der Waals surface area contributed by atoms with Gasteiger partial charge >= 0.3 is 6.18 Å². The number of nitrogens with zero attached hydrogens (tertiary/aromatic N) is 2. The van der Waals surface area contributed by atoms with E-state index in [4.69, 9.17) is 11.6 Å². The lowest BCUT2D eigenvalue weighted by Gasteiger charge is -2.14. The number of carbonyl (C=O) groups is 1. The first-order valence-corrected chi connectivity index (χ1v) is 7.23. The highest BCUT2D eigenvalue weighted by Crippen LogP contribution is 2.28. The molecular formula is C15H15ClF3N3O. The highest BCUT2D eigenvalue weighted by Gasteiger charge is 2.34. The Balaban J connectivity index is 2.07. The number of rotatable bonds is 4. The maximum Gasteiger partial charge on any atom is 0.435 e. The van der Waals surface area contributed by atoms with Gasteiger partial charge in [0.15, 0.2) is 5.69 Å². The van der Waals surface area contributed by atoms with Crippen LogP contribution in [-0.4, -0.2) is 15.7 Å². The summed E-state index contributed by atoms with van der Waals surface area (Å²) in [7, 11) is 0. The molecule has 0 saturated carbocycles. The molecular weight excluding hydrogens is 331 g/mol. The fourth-order valence-electron chi connectivity index (χ4n) is 1.99. The van der Waals surface area contributed by atoms with Gasteiger partial charge in [-0.3, -0.25) is 9.48 Å². The van der Waals surface area contributed by atoms with E-state index in [1.54, 1.807) is 31.2 Å². The van der Waals surface area contributed by atoms with Gasteiger partial charge in [0.05, 0.1) is 23.2 Å². The Morgan fingerprint density at radius 2 is 2.04 bits per heavy atom. The quantitative estimate of drug-likeness (QED) is 0.905. The molecule has 1 atom stereocenters. The molecule has 0 aliphatic carbocycles. The molecule has 1 unspecified atom stereocenters. The van der Waals surface area contributed by atoms with Crippen LogP contribution in [0.3, 0.4) is 0 Å². The van der Waals surface area contributed by atoms with E-state index in [9.17, 15) is 18.0 Å². The van der Waals surface area contributed by atoms with Crippen molar-refractivity contribution in [3.63, 3.8) is 0 Å². The molecule has 0 fully saturated rings. The summed E-state index contributed by atoms with van der Waals surface area (Å²) in [4.78, 5) is 12.2. The van der Waals surface area contributed by atoms with Gasteiger partial charge in [-0.15, -0.1) is 0 Å². The van der Waals surface area contributed by atoms with Crippen LogP contribution in [0, 0.1) is 12.8 Å².